The van der Waals surface area contributed by atoms with Crippen molar-refractivity contribution in [2.24, 2.45) is 0 Å². The zero-order valence-corrected chi connectivity index (χ0v) is 9.61. The highest BCUT2D eigenvalue weighted by Gasteiger charge is 2.09. The quantitative estimate of drug-likeness (QED) is 0.886. The second kappa shape index (κ2) is 5.10. The Balaban J connectivity index is 2.24. The van der Waals surface area contributed by atoms with Gasteiger partial charge in [-0.05, 0) is 37.1 Å². The predicted octanol–water partition coefficient (Wildman–Crippen LogP) is 2.71. The summed E-state index contributed by atoms with van der Waals surface area (Å²) in [5.41, 5.74) is 2.40. The van der Waals surface area contributed by atoms with Gasteiger partial charge < -0.3 is 9.63 Å². The third-order valence-corrected chi connectivity index (χ3v) is 2.60. The maximum absolute atomic E-state index is 13.0. The van der Waals surface area contributed by atoms with E-state index in [4.69, 9.17) is 9.63 Å². The number of nitrogens with zero attached hydrogens (tertiary/aromatic N) is 1. The molecule has 0 aliphatic heterocycles. The molecule has 1 heterocycles. The molecule has 0 bridgehead atoms. The average Bonchev–Trinajstić information content (AvgIpc) is 2.75. The van der Waals surface area contributed by atoms with Crippen LogP contribution < -0.4 is 0 Å². The van der Waals surface area contributed by atoms with Gasteiger partial charge in [-0.15, -0.1) is 0 Å². The highest BCUT2D eigenvalue weighted by molar-refractivity contribution is 5.63. The molecule has 4 heteroatoms. The van der Waals surface area contributed by atoms with E-state index in [0.29, 0.717) is 18.5 Å². The molecule has 2 rings (SSSR count). The molecule has 1 N–H and O–H groups in total. The lowest BCUT2D eigenvalue weighted by Crippen LogP contribution is -1.86. The Hall–Kier alpha value is -1.68. The summed E-state index contributed by atoms with van der Waals surface area (Å²) in [7, 11) is 0. The van der Waals surface area contributed by atoms with Crippen LogP contribution in [-0.2, 0) is 6.42 Å². The number of aromatic nitrogens is 1. The molecule has 0 aliphatic rings. The summed E-state index contributed by atoms with van der Waals surface area (Å²) >= 11 is 0. The van der Waals surface area contributed by atoms with Crippen molar-refractivity contribution in [3.63, 3.8) is 0 Å². The summed E-state index contributed by atoms with van der Waals surface area (Å²) in [6.45, 7) is 1.96. The van der Waals surface area contributed by atoms with Gasteiger partial charge in [0.2, 0.25) is 0 Å². The zero-order valence-electron chi connectivity index (χ0n) is 9.61. The van der Waals surface area contributed by atoms with Gasteiger partial charge in [0.1, 0.15) is 17.3 Å². The molecule has 1 aromatic heterocycles. The molecule has 0 radical (unpaired) electrons. The Morgan fingerprint density at radius 3 is 2.88 bits per heavy atom. The van der Waals surface area contributed by atoms with Gasteiger partial charge in [-0.3, -0.25) is 0 Å². The zero-order chi connectivity index (χ0) is 12.3. The van der Waals surface area contributed by atoms with Gasteiger partial charge in [-0.1, -0.05) is 5.16 Å². The lowest BCUT2D eigenvalue weighted by atomic mass is 10.1. The van der Waals surface area contributed by atoms with Crippen LogP contribution in [0.2, 0.25) is 0 Å². The van der Waals surface area contributed by atoms with Gasteiger partial charge >= 0.3 is 0 Å². The van der Waals surface area contributed by atoms with Crippen molar-refractivity contribution in [3.8, 4) is 11.3 Å². The molecular weight excluding hydrogens is 221 g/mol. The minimum atomic E-state index is -0.254. The van der Waals surface area contributed by atoms with Gasteiger partial charge in [-0.2, -0.15) is 0 Å². The molecule has 0 fully saturated rings. The van der Waals surface area contributed by atoms with Crippen molar-refractivity contribution in [3.05, 3.63) is 41.4 Å². The van der Waals surface area contributed by atoms with Gasteiger partial charge in [0.15, 0.2) is 0 Å². The standard InChI is InChI=1S/C13H14FNO2/c1-9-7-10(14)4-5-12(9)13-8-11(17-15-13)3-2-6-16/h4-5,7-8,16H,2-3,6H2,1H3. The SMILES string of the molecule is Cc1cc(F)ccc1-c1cc(CCCO)on1. The number of rotatable bonds is 4. The fourth-order valence-electron chi connectivity index (χ4n) is 1.73. The molecule has 0 amide bonds. The first-order chi connectivity index (χ1) is 8.20. The van der Waals surface area contributed by atoms with Crippen LogP contribution in [0, 0.1) is 12.7 Å². The van der Waals surface area contributed by atoms with Gasteiger partial charge in [0.25, 0.3) is 0 Å². The first-order valence-corrected chi connectivity index (χ1v) is 5.53. The molecule has 0 unspecified atom stereocenters. The van der Waals surface area contributed by atoms with E-state index in [9.17, 15) is 4.39 Å². The highest BCUT2D eigenvalue weighted by atomic mass is 19.1. The molecule has 0 aliphatic carbocycles. The van der Waals surface area contributed by atoms with Crippen LogP contribution in [0.5, 0.6) is 0 Å². The number of benzene rings is 1. The number of hydrogen-bond acceptors (Lipinski definition) is 3. The van der Waals surface area contributed by atoms with E-state index < -0.39 is 0 Å². The second-order valence-electron chi connectivity index (χ2n) is 3.96. The first-order valence-electron chi connectivity index (χ1n) is 5.53. The molecule has 1 aromatic carbocycles. The molecule has 0 saturated heterocycles. The highest BCUT2D eigenvalue weighted by Crippen LogP contribution is 2.24. The molecule has 17 heavy (non-hydrogen) atoms. The second-order valence-corrected chi connectivity index (χ2v) is 3.96. The fourth-order valence-corrected chi connectivity index (χ4v) is 1.73. The minimum absolute atomic E-state index is 0.131. The maximum atomic E-state index is 13.0. The number of aryl methyl sites for hydroxylation is 2. The van der Waals surface area contributed by atoms with Crippen molar-refractivity contribution in [1.82, 2.24) is 5.16 Å². The summed E-state index contributed by atoms with van der Waals surface area (Å²) in [5, 5.41) is 12.7. The van der Waals surface area contributed by atoms with Crippen LogP contribution in [0.1, 0.15) is 17.7 Å². The third-order valence-electron chi connectivity index (χ3n) is 2.60. The molecule has 0 saturated carbocycles. The monoisotopic (exact) mass is 235 g/mol. The summed E-state index contributed by atoms with van der Waals surface area (Å²) in [6, 6.07) is 6.40. The van der Waals surface area contributed by atoms with Crippen molar-refractivity contribution in [1.29, 1.82) is 0 Å². The topological polar surface area (TPSA) is 46.3 Å². The number of aliphatic hydroxyl groups excluding tert-OH is 1. The van der Waals surface area contributed by atoms with E-state index in [1.807, 2.05) is 13.0 Å². The molecule has 0 spiro atoms. The number of aliphatic hydroxyl groups is 1. The average molecular weight is 235 g/mol. The summed E-state index contributed by atoms with van der Waals surface area (Å²) in [6.07, 6.45) is 1.31. The van der Waals surface area contributed by atoms with Crippen LogP contribution in [0.25, 0.3) is 11.3 Å². The molecular formula is C13H14FNO2. The van der Waals surface area contributed by atoms with E-state index in [0.717, 1.165) is 16.9 Å². The first kappa shape index (κ1) is 11.8. The Morgan fingerprint density at radius 2 is 2.18 bits per heavy atom. The largest absolute Gasteiger partial charge is 0.396 e. The number of hydrogen-bond donors (Lipinski definition) is 1. The predicted molar refractivity (Wildman–Crippen MR) is 62.0 cm³/mol. The van der Waals surface area contributed by atoms with Gasteiger partial charge in [0.05, 0.1) is 0 Å². The van der Waals surface area contributed by atoms with Crippen LogP contribution in [-0.4, -0.2) is 16.9 Å². The third kappa shape index (κ3) is 2.71. The summed E-state index contributed by atoms with van der Waals surface area (Å²) < 4.78 is 18.1. The van der Waals surface area contributed by atoms with E-state index in [1.165, 1.54) is 12.1 Å². The van der Waals surface area contributed by atoms with Gasteiger partial charge in [-0.25, -0.2) is 4.39 Å². The molecule has 0 atom stereocenters. The normalized spacial score (nSPS) is 10.8. The lowest BCUT2D eigenvalue weighted by Gasteiger charge is -2.00. The Kier molecular flexibility index (Phi) is 3.54. The fraction of sp³-hybridized carbons (Fsp3) is 0.308. The van der Waals surface area contributed by atoms with Crippen molar-refractivity contribution in [2.45, 2.75) is 19.8 Å². The smallest absolute Gasteiger partial charge is 0.137 e. The summed E-state index contributed by atoms with van der Waals surface area (Å²) in [5.74, 6) is 0.480. The van der Waals surface area contributed by atoms with Gasteiger partial charge in [0, 0.05) is 24.7 Å². The Morgan fingerprint density at radius 1 is 1.35 bits per heavy atom. The summed E-state index contributed by atoms with van der Waals surface area (Å²) in [4.78, 5) is 0. The number of halogens is 1. The van der Waals surface area contributed by atoms with Crippen LogP contribution in [0.15, 0.2) is 28.8 Å². The maximum Gasteiger partial charge on any atom is 0.137 e. The van der Waals surface area contributed by atoms with Crippen LogP contribution in [0.3, 0.4) is 0 Å². The van der Waals surface area contributed by atoms with Crippen molar-refractivity contribution >= 4 is 0 Å². The Labute approximate surface area is 98.9 Å². The van der Waals surface area contributed by atoms with E-state index in [-0.39, 0.29) is 12.4 Å². The Bertz CT molecular complexity index is 508. The molecule has 90 valence electrons. The molecule has 2 aromatic rings. The molecule has 3 nitrogen and oxygen atoms in total. The van der Waals surface area contributed by atoms with E-state index in [1.54, 1.807) is 6.07 Å². The lowest BCUT2D eigenvalue weighted by molar-refractivity contribution is 0.280. The van der Waals surface area contributed by atoms with E-state index in [2.05, 4.69) is 5.16 Å². The van der Waals surface area contributed by atoms with Crippen LogP contribution >= 0.6 is 0 Å². The minimum Gasteiger partial charge on any atom is -0.396 e. The van der Waals surface area contributed by atoms with Crippen molar-refractivity contribution < 1.29 is 14.0 Å². The van der Waals surface area contributed by atoms with E-state index >= 15 is 0 Å². The van der Waals surface area contributed by atoms with Crippen LogP contribution in [0.4, 0.5) is 4.39 Å². The van der Waals surface area contributed by atoms with Crippen molar-refractivity contribution in [2.75, 3.05) is 6.61 Å².